The van der Waals surface area contributed by atoms with Gasteiger partial charge in [0.2, 0.25) is 12.5 Å². The number of esters is 1. The molecule has 8 atom stereocenters. The topological polar surface area (TPSA) is 172 Å². The predicted octanol–water partition coefficient (Wildman–Crippen LogP) is 0.311. The van der Waals surface area contributed by atoms with Crippen molar-refractivity contribution in [2.24, 2.45) is 11.8 Å². The second-order valence-corrected chi connectivity index (χ2v) is 10.3. The number of hydrogen-bond donors (Lipinski definition) is 4. The Morgan fingerprint density at radius 2 is 1.63 bits per heavy atom. The van der Waals surface area contributed by atoms with Crippen LogP contribution in [0.1, 0.15) is 17.2 Å². The highest BCUT2D eigenvalue weighted by atomic mass is 16.7. The summed E-state index contributed by atoms with van der Waals surface area (Å²) in [6.07, 6.45) is -8.21. The van der Waals surface area contributed by atoms with Gasteiger partial charge in [0.15, 0.2) is 29.3 Å². The van der Waals surface area contributed by atoms with Crippen LogP contribution < -0.4 is 23.7 Å². The molecular weight excluding hydrogens is 544 g/mol. The molecule has 13 heteroatoms. The molecule has 0 aromatic heterocycles. The molecule has 1 aliphatic carbocycles. The van der Waals surface area contributed by atoms with Crippen molar-refractivity contribution in [3.8, 4) is 39.9 Å². The van der Waals surface area contributed by atoms with Gasteiger partial charge in [0, 0.05) is 11.5 Å². The van der Waals surface area contributed by atoms with E-state index in [0.29, 0.717) is 45.4 Å². The molecule has 0 saturated carbocycles. The lowest BCUT2D eigenvalue weighted by molar-refractivity contribution is -0.317. The average Bonchev–Trinajstić information content (AvgIpc) is 3.59. The summed E-state index contributed by atoms with van der Waals surface area (Å²) in [7, 11) is 4.50. The molecule has 13 nitrogen and oxygen atoms in total. The fraction of sp³-hybridized carbons (Fsp3) is 0.536. The first-order valence-corrected chi connectivity index (χ1v) is 13.2. The summed E-state index contributed by atoms with van der Waals surface area (Å²) in [4.78, 5) is 13.1. The summed E-state index contributed by atoms with van der Waals surface area (Å²) in [6.45, 7) is -0.607. The number of carbonyl (C=O) groups is 1. The molecular formula is C28H32O13. The van der Waals surface area contributed by atoms with Crippen LogP contribution in [0.4, 0.5) is 0 Å². The number of carbonyl (C=O) groups excluding carboxylic acids is 1. The molecule has 6 rings (SSSR count). The van der Waals surface area contributed by atoms with E-state index in [9.17, 15) is 25.2 Å². The number of rotatable bonds is 6. The lowest BCUT2D eigenvalue weighted by atomic mass is 9.76. The third kappa shape index (κ3) is 4.44. The van der Waals surface area contributed by atoms with Crippen LogP contribution in [-0.4, -0.2) is 98.4 Å². The number of methoxy groups -OCH3 is 3. The van der Waals surface area contributed by atoms with Gasteiger partial charge in [0.05, 0.1) is 46.6 Å². The number of aliphatic hydroxyl groups excluding tert-OH is 4. The first kappa shape index (κ1) is 27.8. The lowest BCUT2D eigenvalue weighted by Gasteiger charge is -2.42. The zero-order valence-corrected chi connectivity index (χ0v) is 22.6. The largest absolute Gasteiger partial charge is 0.493 e. The maximum Gasteiger partial charge on any atom is 0.309 e. The van der Waals surface area contributed by atoms with Crippen LogP contribution in [0.25, 0.3) is 11.1 Å². The van der Waals surface area contributed by atoms with Crippen molar-refractivity contribution in [2.45, 2.75) is 43.2 Å². The van der Waals surface area contributed by atoms with Crippen molar-refractivity contribution in [1.29, 1.82) is 0 Å². The van der Waals surface area contributed by atoms with Gasteiger partial charge >= 0.3 is 5.97 Å². The van der Waals surface area contributed by atoms with Crippen molar-refractivity contribution in [1.82, 2.24) is 0 Å². The van der Waals surface area contributed by atoms with Crippen LogP contribution in [0.15, 0.2) is 18.2 Å². The lowest BCUT2D eigenvalue weighted by Crippen LogP contribution is -2.59. The Bertz CT molecular complexity index is 1330. The van der Waals surface area contributed by atoms with Gasteiger partial charge in [-0.2, -0.15) is 0 Å². The molecule has 0 spiro atoms. The van der Waals surface area contributed by atoms with Crippen LogP contribution >= 0.6 is 0 Å². The molecule has 2 aromatic carbocycles. The average molecular weight is 577 g/mol. The van der Waals surface area contributed by atoms with E-state index in [0.717, 1.165) is 5.56 Å². The Morgan fingerprint density at radius 1 is 0.902 bits per heavy atom. The molecule has 41 heavy (non-hydrogen) atoms. The summed E-state index contributed by atoms with van der Waals surface area (Å²) in [5, 5.41) is 41.2. The molecule has 4 N–H and O–H groups in total. The normalized spacial score (nSPS) is 31.7. The van der Waals surface area contributed by atoms with E-state index in [1.165, 1.54) is 21.3 Å². The third-order valence-corrected chi connectivity index (χ3v) is 8.23. The van der Waals surface area contributed by atoms with Crippen LogP contribution in [-0.2, 0) is 25.4 Å². The van der Waals surface area contributed by atoms with Crippen LogP contribution in [0.3, 0.4) is 0 Å². The van der Waals surface area contributed by atoms with Gasteiger partial charge in [-0.15, -0.1) is 0 Å². The summed E-state index contributed by atoms with van der Waals surface area (Å²) < 4.78 is 46.1. The Kier molecular flexibility index (Phi) is 7.34. The van der Waals surface area contributed by atoms with E-state index in [4.69, 9.17) is 37.9 Å². The quantitative estimate of drug-likeness (QED) is 0.347. The SMILES string of the molecule is COc1cc2c(c(OC)c1OC)-c1cc3c(cc1C(OC1OC(CO)C(O)C(O)C1O)C1COC(=O)C1C2)OCO3. The molecule has 4 aliphatic rings. The molecule has 0 amide bonds. The van der Waals surface area contributed by atoms with Gasteiger partial charge in [0.1, 0.15) is 24.4 Å². The van der Waals surface area contributed by atoms with Gasteiger partial charge in [0.25, 0.3) is 0 Å². The van der Waals surface area contributed by atoms with Gasteiger partial charge in [-0.3, -0.25) is 4.79 Å². The fourth-order valence-electron chi connectivity index (χ4n) is 6.15. The van der Waals surface area contributed by atoms with Crippen LogP contribution in [0, 0.1) is 11.8 Å². The number of cyclic esters (lactones) is 1. The standard InChI is InChI=1S/C28H32O13/c1-34-18-5-11-4-14-15(9-37-27(14)33)24(41-28-23(32)22(31)21(30)19(8-29)40-28)13-7-17-16(38-10-39-17)6-12(13)20(11)26(36-3)25(18)35-2/h5-7,14-15,19,21-24,28-32H,4,8-10H2,1-3H3. The molecule has 0 bridgehead atoms. The second kappa shape index (κ2) is 10.8. The second-order valence-electron chi connectivity index (χ2n) is 10.3. The fourth-order valence-corrected chi connectivity index (χ4v) is 6.15. The zero-order valence-electron chi connectivity index (χ0n) is 22.6. The van der Waals surface area contributed by atoms with Gasteiger partial charge in [-0.25, -0.2) is 0 Å². The minimum atomic E-state index is -1.65. The number of hydrogen-bond acceptors (Lipinski definition) is 13. The van der Waals surface area contributed by atoms with E-state index >= 15 is 0 Å². The Hall–Kier alpha value is -3.33. The Morgan fingerprint density at radius 3 is 2.32 bits per heavy atom. The van der Waals surface area contributed by atoms with Crippen molar-refractivity contribution in [2.75, 3.05) is 41.3 Å². The van der Waals surface area contributed by atoms with Crippen LogP contribution in [0.2, 0.25) is 0 Å². The van der Waals surface area contributed by atoms with Crippen molar-refractivity contribution >= 4 is 5.97 Å². The van der Waals surface area contributed by atoms with Crippen LogP contribution in [0.5, 0.6) is 28.7 Å². The molecule has 222 valence electrons. The molecule has 3 aliphatic heterocycles. The van der Waals surface area contributed by atoms with Gasteiger partial charge < -0.3 is 58.3 Å². The molecule has 2 aromatic rings. The van der Waals surface area contributed by atoms with E-state index in [1.807, 2.05) is 0 Å². The number of ether oxygens (including phenoxy) is 8. The minimum absolute atomic E-state index is 0.0000375. The summed E-state index contributed by atoms with van der Waals surface area (Å²) in [5.74, 6) is 0.382. The number of aliphatic hydroxyl groups is 4. The smallest absolute Gasteiger partial charge is 0.309 e. The number of benzene rings is 2. The van der Waals surface area contributed by atoms with E-state index in [1.54, 1.807) is 18.2 Å². The van der Waals surface area contributed by atoms with E-state index in [-0.39, 0.29) is 19.8 Å². The Balaban J connectivity index is 1.57. The maximum atomic E-state index is 13.1. The number of fused-ring (bicyclic) bond motifs is 5. The highest BCUT2D eigenvalue weighted by molar-refractivity contribution is 5.85. The highest BCUT2D eigenvalue weighted by Crippen LogP contribution is 2.55. The van der Waals surface area contributed by atoms with Crippen molar-refractivity contribution in [3.05, 3.63) is 29.3 Å². The van der Waals surface area contributed by atoms with Gasteiger partial charge in [-0.05, 0) is 41.3 Å². The zero-order chi connectivity index (χ0) is 29.0. The molecule has 2 saturated heterocycles. The summed E-state index contributed by atoms with van der Waals surface area (Å²) in [6, 6.07) is 5.32. The maximum absolute atomic E-state index is 13.1. The minimum Gasteiger partial charge on any atom is -0.493 e. The third-order valence-electron chi connectivity index (χ3n) is 8.23. The van der Waals surface area contributed by atoms with Crippen molar-refractivity contribution in [3.63, 3.8) is 0 Å². The summed E-state index contributed by atoms with van der Waals surface area (Å²) in [5.41, 5.74) is 2.51. The van der Waals surface area contributed by atoms with Gasteiger partial charge in [-0.1, -0.05) is 0 Å². The summed E-state index contributed by atoms with van der Waals surface area (Å²) >= 11 is 0. The molecule has 8 unspecified atom stereocenters. The first-order valence-electron chi connectivity index (χ1n) is 13.2. The van der Waals surface area contributed by atoms with E-state index < -0.39 is 61.2 Å². The first-order chi connectivity index (χ1) is 19.8. The molecule has 2 fully saturated rings. The molecule has 3 heterocycles. The molecule has 0 radical (unpaired) electrons. The highest BCUT2D eigenvalue weighted by Gasteiger charge is 2.50. The van der Waals surface area contributed by atoms with E-state index in [2.05, 4.69) is 0 Å². The van der Waals surface area contributed by atoms with Crippen molar-refractivity contribution < 1.29 is 63.1 Å². The predicted molar refractivity (Wildman–Crippen MR) is 137 cm³/mol. The Labute approximate surface area is 235 Å². The monoisotopic (exact) mass is 576 g/mol.